The smallest absolute Gasteiger partial charge is 0.321 e. The van der Waals surface area contributed by atoms with E-state index in [9.17, 15) is 26.8 Å². The fraction of sp³-hybridized carbons (Fsp3) is 0.378. The van der Waals surface area contributed by atoms with Crippen molar-refractivity contribution >= 4 is 79.3 Å². The van der Waals surface area contributed by atoms with E-state index in [-0.39, 0.29) is 17.6 Å². The third-order valence-corrected chi connectivity index (χ3v) is 13.7. The molecule has 3 fully saturated rings. The molecule has 0 spiro atoms. The van der Waals surface area contributed by atoms with Gasteiger partial charge in [0.25, 0.3) is 0 Å². The molecular weight excluding hydrogens is 976 g/mol. The van der Waals surface area contributed by atoms with Crippen LogP contribution in [-0.2, 0) is 27.8 Å². The van der Waals surface area contributed by atoms with Gasteiger partial charge in [-0.2, -0.15) is 18.4 Å². The van der Waals surface area contributed by atoms with Crippen molar-refractivity contribution in [3.63, 3.8) is 0 Å². The van der Waals surface area contributed by atoms with E-state index in [0.717, 1.165) is 71.1 Å². The van der Waals surface area contributed by atoms with Crippen molar-refractivity contribution in [1.82, 2.24) is 68.0 Å². The molecule has 0 radical (unpaired) electrons. The Kier molecular flexibility index (Phi) is 14.2. The highest BCUT2D eigenvalue weighted by molar-refractivity contribution is 7.88. The molecule has 1 aromatic carbocycles. The average molecular weight is 1030 g/mol. The molecular formula is C45H52ClF2N19O4S. The molecule has 10 heterocycles. The Morgan fingerprint density at radius 2 is 1.39 bits per heavy atom. The van der Waals surface area contributed by atoms with Crippen LogP contribution in [0.15, 0.2) is 91.6 Å². The monoisotopic (exact) mass is 1030 g/mol. The molecule has 3 saturated heterocycles. The first kappa shape index (κ1) is 49.4. The highest BCUT2D eigenvalue weighted by Crippen LogP contribution is 2.27. The summed E-state index contributed by atoms with van der Waals surface area (Å²) in [5, 5.41) is 28.2. The van der Waals surface area contributed by atoms with E-state index in [0.29, 0.717) is 69.6 Å². The number of aromatic nitrogens is 12. The molecule has 378 valence electrons. The molecule has 23 nitrogen and oxygen atoms in total. The van der Waals surface area contributed by atoms with Gasteiger partial charge in [-0.25, -0.2) is 36.5 Å². The van der Waals surface area contributed by atoms with E-state index < -0.39 is 21.8 Å². The fourth-order valence-electron chi connectivity index (χ4n) is 8.36. The molecule has 7 aromatic heterocycles. The molecule has 0 saturated carbocycles. The van der Waals surface area contributed by atoms with Crippen LogP contribution in [0.25, 0.3) is 16.9 Å². The number of urea groups is 1. The van der Waals surface area contributed by atoms with Crippen LogP contribution in [0.2, 0.25) is 5.02 Å². The second kappa shape index (κ2) is 20.6. The van der Waals surface area contributed by atoms with Crippen molar-refractivity contribution in [2.45, 2.75) is 26.2 Å². The Hall–Kier alpha value is -7.58. The summed E-state index contributed by atoms with van der Waals surface area (Å²) in [4.78, 5) is 42.9. The number of piperazine rings is 2. The van der Waals surface area contributed by atoms with Crippen molar-refractivity contribution in [3.05, 3.63) is 108 Å². The molecule has 3 amide bonds. The van der Waals surface area contributed by atoms with Crippen molar-refractivity contribution in [2.24, 2.45) is 7.05 Å². The lowest BCUT2D eigenvalue weighted by Crippen LogP contribution is -2.51. The Morgan fingerprint density at radius 1 is 0.736 bits per heavy atom. The van der Waals surface area contributed by atoms with Crippen molar-refractivity contribution in [1.29, 1.82) is 0 Å². The lowest BCUT2D eigenvalue weighted by atomic mass is 10.3. The van der Waals surface area contributed by atoms with Crippen LogP contribution in [0, 0.1) is 6.92 Å². The normalized spacial score (nSPS) is 16.2. The Labute approximate surface area is 417 Å². The number of carbonyl (C=O) groups is 2. The number of alkyl halides is 2. The van der Waals surface area contributed by atoms with Crippen LogP contribution in [0.5, 0.6) is 0 Å². The number of sulfonamides is 1. The number of aryl methyl sites for hydroxylation is 2. The zero-order valence-corrected chi connectivity index (χ0v) is 41.4. The first-order valence-corrected chi connectivity index (χ1v) is 25.2. The van der Waals surface area contributed by atoms with Gasteiger partial charge in [0.05, 0.1) is 36.6 Å². The predicted molar refractivity (Wildman–Crippen MR) is 266 cm³/mol. The molecule has 27 heteroatoms. The standard InChI is InChI=1S/C17H17ClN6O.C15H17N7O.C13H18F2N6O2S/c18-13-1-3-14(4-2-13)20-17(25)23-11-9-22(10-12-23)16-6-5-15-19-7-8-24(15)21-16;1-11-7-16-13-3-4-14(18-22(11)13)20-5-6-21(15(23)10-20)12-8-17-19(2)9-12;1-13(14,15)12-17-16-10-4-5-11(18-21(10)12)19-6-3-7-20(9-8-19)24(2,22)23/h1-8H,9-12H2,(H,20,25);3-4,7-9H,5-6,10H2,1-2H3;4-5H,3,6-9H2,1-2H3. The van der Waals surface area contributed by atoms with Crippen LogP contribution >= 0.6 is 11.6 Å². The molecule has 8 aromatic rings. The Bertz CT molecular complexity index is 3320. The SMILES string of the molecule is CC(F)(F)c1nnc2ccc(N3CCCN(S(C)(=O)=O)CC3)nn12.Cc1cnc2ccc(N3CCN(c4cnn(C)c4)C(=O)C3)nn12.O=C(Nc1ccc(Cl)cc1)N1CCN(c2ccc3nccn3n2)CC1. The zero-order valence-electron chi connectivity index (χ0n) is 39.9. The molecule has 0 bridgehead atoms. The molecule has 72 heavy (non-hydrogen) atoms. The summed E-state index contributed by atoms with van der Waals surface area (Å²) < 4.78 is 58.2. The minimum absolute atomic E-state index is 0.0495. The van der Waals surface area contributed by atoms with Gasteiger partial charge in [-0.05, 0) is 74.0 Å². The number of anilines is 5. The maximum Gasteiger partial charge on any atom is 0.321 e. The van der Waals surface area contributed by atoms with Crippen LogP contribution in [0.3, 0.4) is 0 Å². The number of halogens is 3. The lowest BCUT2D eigenvalue weighted by molar-refractivity contribution is -0.117. The fourth-order valence-corrected chi connectivity index (χ4v) is 9.36. The summed E-state index contributed by atoms with van der Waals surface area (Å²) in [6.45, 7) is 8.90. The number of hydrogen-bond donors (Lipinski definition) is 1. The molecule has 11 rings (SSSR count). The first-order valence-electron chi connectivity index (χ1n) is 23.0. The van der Waals surface area contributed by atoms with Gasteiger partial charge < -0.3 is 29.8 Å². The minimum atomic E-state index is -3.24. The van der Waals surface area contributed by atoms with Gasteiger partial charge in [0.1, 0.15) is 17.5 Å². The van der Waals surface area contributed by atoms with Crippen molar-refractivity contribution in [2.75, 3.05) is 103 Å². The van der Waals surface area contributed by atoms with Gasteiger partial charge in [0.15, 0.2) is 16.9 Å². The van der Waals surface area contributed by atoms with Gasteiger partial charge in [0.2, 0.25) is 21.8 Å². The summed E-state index contributed by atoms with van der Waals surface area (Å²) in [7, 11) is -1.40. The first-order chi connectivity index (χ1) is 34.5. The molecule has 0 unspecified atom stereocenters. The number of nitrogens with one attached hydrogen (secondary N) is 1. The van der Waals surface area contributed by atoms with Crippen molar-refractivity contribution in [3.8, 4) is 0 Å². The van der Waals surface area contributed by atoms with Gasteiger partial charge in [0, 0.05) is 109 Å². The van der Waals surface area contributed by atoms with Gasteiger partial charge in [-0.15, -0.1) is 25.5 Å². The Balaban J connectivity index is 0.000000133. The molecule has 1 N–H and O–H groups in total. The maximum absolute atomic E-state index is 13.6. The number of amides is 3. The quantitative estimate of drug-likeness (QED) is 0.238. The second-order valence-corrected chi connectivity index (χ2v) is 19.8. The van der Waals surface area contributed by atoms with Gasteiger partial charge in [-0.1, -0.05) is 11.6 Å². The van der Waals surface area contributed by atoms with Crippen molar-refractivity contribution < 1.29 is 26.8 Å². The maximum atomic E-state index is 13.6. The van der Waals surface area contributed by atoms with Crippen LogP contribution in [0.1, 0.15) is 24.9 Å². The number of rotatable bonds is 7. The number of nitrogens with zero attached hydrogens (tertiary/aromatic N) is 18. The molecule has 0 aliphatic carbocycles. The van der Waals surface area contributed by atoms with Crippen LogP contribution in [-0.4, -0.2) is 167 Å². The minimum Gasteiger partial charge on any atom is -0.354 e. The summed E-state index contributed by atoms with van der Waals surface area (Å²) in [6, 6.07) is 18.0. The topological polar surface area (TPSA) is 221 Å². The van der Waals surface area contributed by atoms with E-state index in [2.05, 4.69) is 50.8 Å². The zero-order chi connectivity index (χ0) is 50.7. The number of benzene rings is 1. The molecule has 3 aliphatic rings. The second-order valence-electron chi connectivity index (χ2n) is 17.4. The number of hydrogen-bond acceptors (Lipinski definition) is 15. The third-order valence-electron chi connectivity index (χ3n) is 12.2. The lowest BCUT2D eigenvalue weighted by Gasteiger charge is -2.35. The van der Waals surface area contributed by atoms with E-state index >= 15 is 0 Å². The highest BCUT2D eigenvalue weighted by atomic mass is 35.5. The van der Waals surface area contributed by atoms with Crippen LogP contribution < -0.4 is 24.9 Å². The van der Waals surface area contributed by atoms with Gasteiger partial charge >= 0.3 is 12.0 Å². The predicted octanol–water partition coefficient (Wildman–Crippen LogP) is 4.07. The highest BCUT2D eigenvalue weighted by Gasteiger charge is 2.32. The van der Waals surface area contributed by atoms with Crippen LogP contribution in [0.4, 0.5) is 42.4 Å². The summed E-state index contributed by atoms with van der Waals surface area (Å²) >= 11 is 5.86. The molecule has 0 atom stereocenters. The number of fused-ring (bicyclic) bond motifs is 3. The van der Waals surface area contributed by atoms with E-state index in [1.54, 1.807) is 78.5 Å². The van der Waals surface area contributed by atoms with Gasteiger partial charge in [-0.3, -0.25) is 9.48 Å². The van der Waals surface area contributed by atoms with E-state index in [1.165, 1.54) is 10.6 Å². The number of carbonyl (C=O) groups excluding carboxylic acids is 2. The summed E-state index contributed by atoms with van der Waals surface area (Å²) in [6.07, 6.45) is 10.7. The van der Waals surface area contributed by atoms with E-state index in [4.69, 9.17) is 11.6 Å². The average Bonchev–Trinajstić information content (AvgIpc) is 4.16. The number of imidazole rings is 2. The largest absolute Gasteiger partial charge is 0.354 e. The summed E-state index contributed by atoms with van der Waals surface area (Å²) in [5.74, 6) is -1.46. The third kappa shape index (κ3) is 11.3. The Morgan fingerprint density at radius 3 is 2.08 bits per heavy atom. The summed E-state index contributed by atoms with van der Waals surface area (Å²) in [5.41, 5.74) is 4.43. The molecule has 3 aliphatic heterocycles. The van der Waals surface area contributed by atoms with E-state index in [1.807, 2.05) is 60.4 Å².